The topological polar surface area (TPSA) is 51.5 Å². The first kappa shape index (κ1) is 15.1. The number of furan rings is 1. The normalized spacial score (nSPS) is 12.2. The Morgan fingerprint density at radius 3 is 2.75 bits per heavy atom. The Morgan fingerprint density at radius 1 is 1.40 bits per heavy atom. The molecule has 0 aliphatic heterocycles. The summed E-state index contributed by atoms with van der Waals surface area (Å²) in [5.41, 5.74) is 0.967. The summed E-state index contributed by atoms with van der Waals surface area (Å²) in [4.78, 5) is 11.4. The zero-order valence-electron chi connectivity index (χ0n) is 10.9. The van der Waals surface area contributed by atoms with Gasteiger partial charge in [-0.15, -0.1) is 0 Å². The molecule has 0 bridgehead atoms. The first-order valence-electron chi connectivity index (χ1n) is 5.87. The van der Waals surface area contributed by atoms with E-state index in [9.17, 15) is 4.79 Å². The molecule has 4 nitrogen and oxygen atoms in total. The molecule has 1 unspecified atom stereocenters. The monoisotopic (exact) mass is 357 g/mol. The SMILES string of the molecule is CNC(c1ccc(Cl)c(Br)c1)c1ccc(C(=O)OC)o1. The Bertz CT molecular complexity index is 627. The first-order valence-corrected chi connectivity index (χ1v) is 7.04. The highest BCUT2D eigenvalue weighted by Crippen LogP contribution is 2.29. The van der Waals surface area contributed by atoms with Gasteiger partial charge in [-0.3, -0.25) is 0 Å². The van der Waals surface area contributed by atoms with Crippen molar-refractivity contribution in [2.45, 2.75) is 6.04 Å². The van der Waals surface area contributed by atoms with Gasteiger partial charge in [0, 0.05) is 4.47 Å². The molecule has 106 valence electrons. The van der Waals surface area contributed by atoms with E-state index in [-0.39, 0.29) is 11.8 Å². The number of hydrogen-bond acceptors (Lipinski definition) is 4. The third kappa shape index (κ3) is 3.06. The van der Waals surface area contributed by atoms with Crippen molar-refractivity contribution in [3.8, 4) is 0 Å². The Balaban J connectivity index is 2.34. The summed E-state index contributed by atoms with van der Waals surface area (Å²) >= 11 is 9.38. The molecule has 0 radical (unpaired) electrons. The minimum Gasteiger partial charge on any atom is -0.463 e. The van der Waals surface area contributed by atoms with E-state index < -0.39 is 5.97 Å². The minimum absolute atomic E-state index is 0.177. The predicted octanol–water partition coefficient (Wildman–Crippen LogP) is 3.79. The van der Waals surface area contributed by atoms with Crippen LogP contribution in [-0.4, -0.2) is 20.1 Å². The lowest BCUT2D eigenvalue weighted by Gasteiger charge is -2.14. The van der Waals surface area contributed by atoms with Crippen LogP contribution in [0.15, 0.2) is 39.2 Å². The number of nitrogens with one attached hydrogen (secondary N) is 1. The molecule has 1 aromatic heterocycles. The number of rotatable bonds is 4. The van der Waals surface area contributed by atoms with Gasteiger partial charge in [0.25, 0.3) is 0 Å². The van der Waals surface area contributed by atoms with E-state index in [0.29, 0.717) is 10.8 Å². The van der Waals surface area contributed by atoms with Crippen molar-refractivity contribution in [2.24, 2.45) is 0 Å². The van der Waals surface area contributed by atoms with Gasteiger partial charge in [0.05, 0.1) is 18.2 Å². The lowest BCUT2D eigenvalue weighted by atomic mass is 10.1. The zero-order chi connectivity index (χ0) is 14.7. The van der Waals surface area contributed by atoms with Gasteiger partial charge in [0.2, 0.25) is 5.76 Å². The van der Waals surface area contributed by atoms with E-state index in [1.54, 1.807) is 18.2 Å². The summed E-state index contributed by atoms with van der Waals surface area (Å²) in [6.07, 6.45) is 0. The highest BCUT2D eigenvalue weighted by Gasteiger charge is 2.19. The van der Waals surface area contributed by atoms with Crippen LogP contribution in [0.5, 0.6) is 0 Å². The van der Waals surface area contributed by atoms with Crippen LogP contribution in [0.4, 0.5) is 0 Å². The van der Waals surface area contributed by atoms with Crippen LogP contribution < -0.4 is 5.32 Å². The molecule has 1 heterocycles. The Hall–Kier alpha value is -1.30. The molecule has 1 atom stereocenters. The summed E-state index contributed by atoms with van der Waals surface area (Å²) in [6.45, 7) is 0. The van der Waals surface area contributed by atoms with Gasteiger partial charge in [-0.05, 0) is 52.8 Å². The number of esters is 1. The summed E-state index contributed by atoms with van der Waals surface area (Å²) in [5, 5.41) is 3.78. The maximum atomic E-state index is 11.4. The lowest BCUT2D eigenvalue weighted by molar-refractivity contribution is 0.0562. The molecule has 0 aliphatic rings. The number of carbonyl (C=O) groups excluding carboxylic acids is 1. The van der Waals surface area contributed by atoms with Crippen molar-refractivity contribution in [2.75, 3.05) is 14.2 Å². The molecule has 6 heteroatoms. The summed E-state index contributed by atoms with van der Waals surface area (Å²) in [5.74, 6) is 0.307. The van der Waals surface area contributed by atoms with Crippen molar-refractivity contribution in [1.29, 1.82) is 0 Å². The van der Waals surface area contributed by atoms with E-state index in [4.69, 9.17) is 16.0 Å². The number of benzene rings is 1. The fourth-order valence-corrected chi connectivity index (χ4v) is 2.40. The molecule has 1 N–H and O–H groups in total. The van der Waals surface area contributed by atoms with E-state index in [1.165, 1.54) is 7.11 Å². The third-order valence-corrected chi connectivity index (χ3v) is 4.08. The van der Waals surface area contributed by atoms with Crippen LogP contribution in [-0.2, 0) is 4.74 Å². The number of halogens is 2. The standard InChI is InChI=1S/C14H13BrClNO3/c1-17-13(8-3-4-10(16)9(15)7-8)11-5-6-12(20-11)14(18)19-2/h3-7,13,17H,1-2H3. The second kappa shape index (κ2) is 6.43. The zero-order valence-corrected chi connectivity index (χ0v) is 13.3. The van der Waals surface area contributed by atoms with Gasteiger partial charge in [-0.25, -0.2) is 4.79 Å². The summed E-state index contributed by atoms with van der Waals surface area (Å²) < 4.78 is 11.0. The van der Waals surface area contributed by atoms with Crippen LogP contribution >= 0.6 is 27.5 Å². The van der Waals surface area contributed by atoms with Gasteiger partial charge in [-0.1, -0.05) is 17.7 Å². The molecule has 0 amide bonds. The van der Waals surface area contributed by atoms with Gasteiger partial charge in [0.15, 0.2) is 0 Å². The fraction of sp³-hybridized carbons (Fsp3) is 0.214. The molecular weight excluding hydrogens is 346 g/mol. The van der Waals surface area contributed by atoms with E-state index in [1.807, 2.05) is 19.2 Å². The van der Waals surface area contributed by atoms with Gasteiger partial charge in [0.1, 0.15) is 5.76 Å². The molecule has 0 fully saturated rings. The second-order valence-electron chi connectivity index (χ2n) is 4.09. The van der Waals surface area contributed by atoms with Crippen molar-refractivity contribution in [3.63, 3.8) is 0 Å². The predicted molar refractivity (Wildman–Crippen MR) is 80.1 cm³/mol. The molecule has 0 saturated heterocycles. The van der Waals surface area contributed by atoms with Crippen molar-refractivity contribution in [3.05, 3.63) is 56.9 Å². The molecule has 1 aromatic carbocycles. The molecular formula is C14H13BrClNO3. The molecule has 0 saturated carbocycles. The van der Waals surface area contributed by atoms with Crippen LogP contribution in [0.2, 0.25) is 5.02 Å². The van der Waals surface area contributed by atoms with E-state index in [2.05, 4.69) is 26.0 Å². The smallest absolute Gasteiger partial charge is 0.373 e. The first-order chi connectivity index (χ1) is 9.56. The highest BCUT2D eigenvalue weighted by molar-refractivity contribution is 9.10. The van der Waals surface area contributed by atoms with E-state index in [0.717, 1.165) is 10.0 Å². The van der Waals surface area contributed by atoms with Gasteiger partial charge < -0.3 is 14.5 Å². The van der Waals surface area contributed by atoms with Crippen molar-refractivity contribution in [1.82, 2.24) is 5.32 Å². The molecule has 0 spiro atoms. The molecule has 2 rings (SSSR count). The van der Waals surface area contributed by atoms with Crippen LogP contribution in [0.3, 0.4) is 0 Å². The third-order valence-electron chi connectivity index (χ3n) is 2.86. The maximum Gasteiger partial charge on any atom is 0.373 e. The Kier molecular flexibility index (Phi) is 4.86. The lowest BCUT2D eigenvalue weighted by Crippen LogP contribution is -2.17. The second-order valence-corrected chi connectivity index (χ2v) is 5.35. The average molecular weight is 359 g/mol. The minimum atomic E-state index is -0.497. The van der Waals surface area contributed by atoms with E-state index >= 15 is 0 Å². The van der Waals surface area contributed by atoms with Crippen LogP contribution in [0, 0.1) is 0 Å². The van der Waals surface area contributed by atoms with Crippen LogP contribution in [0.25, 0.3) is 0 Å². The summed E-state index contributed by atoms with van der Waals surface area (Å²) in [7, 11) is 3.13. The van der Waals surface area contributed by atoms with Gasteiger partial charge >= 0.3 is 5.97 Å². The average Bonchev–Trinajstić information content (AvgIpc) is 2.92. The largest absolute Gasteiger partial charge is 0.463 e. The number of hydrogen-bond donors (Lipinski definition) is 1. The van der Waals surface area contributed by atoms with Crippen molar-refractivity contribution < 1.29 is 13.9 Å². The quantitative estimate of drug-likeness (QED) is 0.845. The number of ether oxygens (including phenoxy) is 1. The van der Waals surface area contributed by atoms with Crippen molar-refractivity contribution >= 4 is 33.5 Å². The fourth-order valence-electron chi connectivity index (χ4n) is 1.88. The van der Waals surface area contributed by atoms with Gasteiger partial charge in [-0.2, -0.15) is 0 Å². The number of carbonyl (C=O) groups is 1. The molecule has 0 aliphatic carbocycles. The Morgan fingerprint density at radius 2 is 2.15 bits per heavy atom. The molecule has 20 heavy (non-hydrogen) atoms. The summed E-state index contributed by atoms with van der Waals surface area (Å²) in [6, 6.07) is 8.77. The van der Waals surface area contributed by atoms with Crippen LogP contribution in [0.1, 0.15) is 27.9 Å². The number of methoxy groups -OCH3 is 1. The molecule has 2 aromatic rings. The maximum absolute atomic E-state index is 11.4. The highest BCUT2D eigenvalue weighted by atomic mass is 79.9. The Labute approximate surface area is 130 Å².